The monoisotopic (exact) mass is 321 g/mol. The summed E-state index contributed by atoms with van der Waals surface area (Å²) >= 11 is 0. The molecular weight excluding hydrogens is 301 g/mol. The van der Waals surface area contributed by atoms with Crippen LogP contribution in [0.1, 0.15) is 38.7 Å². The number of hydrogen-bond acceptors (Lipinski definition) is 3. The van der Waals surface area contributed by atoms with E-state index in [4.69, 9.17) is 0 Å². The van der Waals surface area contributed by atoms with Crippen molar-refractivity contribution in [2.75, 3.05) is 4.90 Å². The molecule has 1 aliphatic rings. The van der Waals surface area contributed by atoms with E-state index < -0.39 is 15.5 Å². The maximum absolute atomic E-state index is 11.5. The largest absolute Gasteiger partial charge is 1.00 e. The van der Waals surface area contributed by atoms with Crippen molar-refractivity contribution < 1.29 is 64.4 Å². The molecule has 0 radical (unpaired) electrons. The van der Waals surface area contributed by atoms with E-state index in [1.165, 1.54) is 0 Å². The van der Waals surface area contributed by atoms with Gasteiger partial charge in [-0.1, -0.05) is 25.1 Å². The van der Waals surface area contributed by atoms with Gasteiger partial charge in [0, 0.05) is 16.6 Å². The molecule has 1 heterocycles. The second-order valence-corrected chi connectivity index (χ2v) is 7.39. The van der Waals surface area contributed by atoms with E-state index in [-0.39, 0.29) is 56.9 Å². The molecule has 20 heavy (non-hydrogen) atoms. The average molecular weight is 321 g/mol. The molecule has 0 saturated carbocycles. The van der Waals surface area contributed by atoms with Crippen molar-refractivity contribution in [2.24, 2.45) is 0 Å². The van der Waals surface area contributed by atoms with Gasteiger partial charge >= 0.3 is 51.4 Å². The van der Waals surface area contributed by atoms with Crippen molar-refractivity contribution in [1.82, 2.24) is 0 Å². The molecule has 0 bridgehead atoms. The third-order valence-electron chi connectivity index (χ3n) is 3.82. The van der Waals surface area contributed by atoms with E-state index in [1.54, 1.807) is 4.90 Å². The van der Waals surface area contributed by atoms with E-state index in [0.29, 0.717) is 5.92 Å². The van der Waals surface area contributed by atoms with Crippen molar-refractivity contribution in [3.05, 3.63) is 36.8 Å². The van der Waals surface area contributed by atoms with Crippen LogP contribution in [0.15, 0.2) is 24.3 Å². The van der Waals surface area contributed by atoms with Crippen LogP contribution >= 0.6 is 0 Å². The first-order valence-corrected chi connectivity index (χ1v) is 7.82. The summed E-state index contributed by atoms with van der Waals surface area (Å²) in [6.07, 6.45) is 0.811. The van der Waals surface area contributed by atoms with Gasteiger partial charge in [-0.05, 0) is 37.8 Å². The van der Waals surface area contributed by atoms with E-state index in [2.05, 4.69) is 13.8 Å². The number of para-hydroxylation sites is 1. The molecule has 106 valence electrons. The molecule has 1 aromatic carbocycles. The van der Waals surface area contributed by atoms with Gasteiger partial charge in [0.25, 0.3) is 10.1 Å². The normalized spacial score (nSPS) is 22.6. The Morgan fingerprint density at radius 1 is 1.40 bits per heavy atom. The van der Waals surface area contributed by atoms with Gasteiger partial charge in [0.2, 0.25) is 0 Å². The maximum atomic E-state index is 11.5. The van der Waals surface area contributed by atoms with Crippen LogP contribution in [0.5, 0.6) is 0 Å². The zero-order valence-electron chi connectivity index (χ0n) is 12.5. The molecule has 0 fully saturated rings. The summed E-state index contributed by atoms with van der Waals surface area (Å²) in [6.45, 7) is 9.72. The van der Waals surface area contributed by atoms with Crippen molar-refractivity contribution in [1.29, 1.82) is 0 Å². The molecule has 2 rings (SSSR count). The molecule has 0 spiro atoms. The van der Waals surface area contributed by atoms with Crippen molar-refractivity contribution in [3.63, 3.8) is 0 Å². The van der Waals surface area contributed by atoms with Crippen LogP contribution in [0, 0.1) is 6.92 Å². The van der Waals surface area contributed by atoms with Gasteiger partial charge in [0.1, 0.15) is 0 Å². The van der Waals surface area contributed by atoms with Crippen molar-refractivity contribution in [2.45, 2.75) is 44.0 Å². The zero-order valence-corrected chi connectivity index (χ0v) is 16.4. The smallest absolute Gasteiger partial charge is 0.376 e. The summed E-state index contributed by atoms with van der Waals surface area (Å²) in [4.78, 5) is 1.71. The fraction of sp³-hybridized carbons (Fsp3) is 0.500. The van der Waals surface area contributed by atoms with Crippen LogP contribution in [0.3, 0.4) is 0 Å². The first-order valence-electron chi connectivity index (χ1n) is 6.32. The Labute approximate surface area is 164 Å². The second kappa shape index (κ2) is 6.36. The quantitative estimate of drug-likeness (QED) is 0.467. The molecule has 2 atom stereocenters. The first kappa shape index (κ1) is 18.6. The topological polar surface area (TPSA) is 57.6 Å². The Morgan fingerprint density at radius 2 is 1.95 bits per heavy atom. The first-order chi connectivity index (χ1) is 8.64. The molecule has 4 nitrogen and oxygen atoms in total. The molecule has 0 saturated heterocycles. The summed E-state index contributed by atoms with van der Waals surface area (Å²) < 4.78 is 32.3. The third-order valence-corrected chi connectivity index (χ3v) is 4.72. The van der Waals surface area contributed by atoms with Gasteiger partial charge in [-0.2, -0.15) is 0 Å². The Hall–Kier alpha value is 0.566. The van der Waals surface area contributed by atoms with E-state index in [0.717, 1.165) is 17.7 Å². The molecule has 1 N–H and O–H groups in total. The molecule has 2 unspecified atom stereocenters. The van der Waals surface area contributed by atoms with Gasteiger partial charge in [0.15, 0.2) is 0 Å². The van der Waals surface area contributed by atoms with Gasteiger partial charge < -0.3 is 11.8 Å². The molecule has 0 aliphatic carbocycles. The summed E-state index contributed by atoms with van der Waals surface area (Å²) in [5, 5.41) is -1.20. The Bertz CT molecular complexity index is 586. The molecule has 1 aliphatic heterocycles. The van der Waals surface area contributed by atoms with E-state index >= 15 is 0 Å². The van der Waals surface area contributed by atoms with Gasteiger partial charge in [0.05, 0.1) is 0 Å². The van der Waals surface area contributed by atoms with E-state index in [1.807, 2.05) is 38.1 Å². The van der Waals surface area contributed by atoms with Crippen LogP contribution in [0.4, 0.5) is 5.69 Å². The number of anilines is 1. The Morgan fingerprint density at radius 3 is 2.50 bits per heavy atom. The van der Waals surface area contributed by atoms with Crippen LogP contribution in [-0.2, 0) is 10.1 Å². The van der Waals surface area contributed by atoms with E-state index in [9.17, 15) is 13.0 Å². The predicted octanol–water partition coefficient (Wildman–Crippen LogP) is -0.169. The Balaban J connectivity index is 0.00000200. The van der Waals surface area contributed by atoms with Crippen molar-refractivity contribution >= 4 is 15.8 Å². The zero-order chi connectivity index (χ0) is 14.4. The van der Waals surface area contributed by atoms with Gasteiger partial charge in [-0.25, -0.2) is 8.42 Å². The Kier molecular flexibility index (Phi) is 5.92. The number of nitrogens with zero attached hydrogens (tertiary/aromatic N) is 1. The summed E-state index contributed by atoms with van der Waals surface area (Å²) in [7, 11) is -4.22. The van der Waals surface area contributed by atoms with Crippen molar-refractivity contribution in [3.8, 4) is 0 Å². The average Bonchev–Trinajstić information content (AvgIpc) is 2.26. The fourth-order valence-electron chi connectivity index (χ4n) is 3.09. The summed E-state index contributed by atoms with van der Waals surface area (Å²) in [5.74, 6) is 0.344. The molecular formula is C14H20KNO3S. The minimum Gasteiger partial charge on any atom is -0.376 e. The molecule has 1 aromatic rings. The van der Waals surface area contributed by atoms with Gasteiger partial charge in [-0.3, -0.25) is 4.55 Å². The van der Waals surface area contributed by atoms with Gasteiger partial charge in [-0.15, -0.1) is 0 Å². The number of hydrogen-bond donors (Lipinski definition) is 1. The SMILES string of the molecule is [CH2-]C(N1c2ccccc2C(C)CC1(C)C)S(=O)(=O)O.[K+]. The van der Waals surface area contributed by atoms with Crippen LogP contribution in [0.2, 0.25) is 0 Å². The molecule has 6 heteroatoms. The number of benzene rings is 1. The van der Waals surface area contributed by atoms with Crippen LogP contribution in [0.25, 0.3) is 0 Å². The predicted molar refractivity (Wildman–Crippen MR) is 76.7 cm³/mol. The number of fused-ring (bicyclic) bond motifs is 1. The third kappa shape index (κ3) is 3.48. The molecule has 0 aromatic heterocycles. The standard InChI is InChI=1S/C14H20NO3S.K/c1-10-9-14(3,4)15(11(2)19(16,17)18)13-8-6-5-7-12(10)13;/h5-8,10-11H,2,9H2,1,3-4H3,(H,16,17,18);/q-1;+1. The van der Waals surface area contributed by atoms with Crippen LogP contribution in [-0.4, -0.2) is 23.9 Å². The fourth-order valence-corrected chi connectivity index (χ4v) is 3.75. The van der Waals surface area contributed by atoms with Crippen LogP contribution < -0.4 is 56.3 Å². The minimum absolute atomic E-state index is 0. The molecule has 0 amide bonds. The summed E-state index contributed by atoms with van der Waals surface area (Å²) in [5.41, 5.74) is 1.55. The number of rotatable bonds is 2. The minimum atomic E-state index is -4.22. The maximum Gasteiger partial charge on any atom is 1.00 e. The second-order valence-electron chi connectivity index (χ2n) is 5.82. The summed E-state index contributed by atoms with van der Waals surface area (Å²) in [6, 6.07) is 7.70.